The summed E-state index contributed by atoms with van der Waals surface area (Å²) in [6.45, 7) is -0.154. The average molecular weight is 252 g/mol. The molecule has 0 bridgehead atoms. The van der Waals surface area contributed by atoms with Gasteiger partial charge in [-0.1, -0.05) is 0 Å². The predicted molar refractivity (Wildman–Crippen MR) is 67.3 cm³/mol. The molecule has 0 saturated heterocycles. The minimum absolute atomic E-state index is 0.146. The molecule has 0 aromatic heterocycles. The van der Waals surface area contributed by atoms with Gasteiger partial charge in [-0.05, 0) is 18.2 Å². The molecule has 98 valence electrons. The molecule has 6 heteroatoms. The molecule has 1 rings (SSSR count). The van der Waals surface area contributed by atoms with Crippen molar-refractivity contribution in [2.75, 3.05) is 20.8 Å². The Morgan fingerprint density at radius 1 is 1.44 bits per heavy atom. The predicted octanol–water partition coefficient (Wildman–Crippen LogP) is 0.635. The SMILES string of the molecule is COc1ccc(OC)c(C(O)=CNC(=O)CN)c1. The maximum atomic E-state index is 11.0. The zero-order valence-electron chi connectivity index (χ0n) is 10.3. The largest absolute Gasteiger partial charge is 0.506 e. The van der Waals surface area contributed by atoms with Crippen LogP contribution < -0.4 is 20.5 Å². The molecule has 0 heterocycles. The highest BCUT2D eigenvalue weighted by Gasteiger charge is 2.09. The number of carbonyl (C=O) groups excluding carboxylic acids is 1. The molecule has 0 aliphatic rings. The second kappa shape index (κ2) is 6.51. The van der Waals surface area contributed by atoms with Crippen LogP contribution in [0.2, 0.25) is 0 Å². The zero-order chi connectivity index (χ0) is 13.5. The topological polar surface area (TPSA) is 93.8 Å². The van der Waals surface area contributed by atoms with Gasteiger partial charge in [0.15, 0.2) is 0 Å². The third-order valence-corrected chi connectivity index (χ3v) is 2.24. The lowest BCUT2D eigenvalue weighted by Crippen LogP contribution is -2.26. The van der Waals surface area contributed by atoms with E-state index >= 15 is 0 Å². The number of hydrogen-bond acceptors (Lipinski definition) is 5. The first-order valence-electron chi connectivity index (χ1n) is 5.23. The van der Waals surface area contributed by atoms with Crippen LogP contribution in [0.25, 0.3) is 5.76 Å². The van der Waals surface area contributed by atoms with Crippen LogP contribution in [0.3, 0.4) is 0 Å². The van der Waals surface area contributed by atoms with E-state index in [4.69, 9.17) is 15.2 Å². The molecule has 6 nitrogen and oxygen atoms in total. The highest BCUT2D eigenvalue weighted by Crippen LogP contribution is 2.28. The summed E-state index contributed by atoms with van der Waals surface area (Å²) in [6, 6.07) is 4.95. The van der Waals surface area contributed by atoms with Gasteiger partial charge in [0.05, 0.1) is 26.3 Å². The van der Waals surface area contributed by atoms with Gasteiger partial charge in [0.2, 0.25) is 5.91 Å². The van der Waals surface area contributed by atoms with Gasteiger partial charge < -0.3 is 25.6 Å². The van der Waals surface area contributed by atoms with Crippen molar-refractivity contribution >= 4 is 11.7 Å². The molecule has 18 heavy (non-hydrogen) atoms. The Bertz CT molecular complexity index is 457. The van der Waals surface area contributed by atoms with Gasteiger partial charge in [-0.15, -0.1) is 0 Å². The van der Waals surface area contributed by atoms with Crippen molar-refractivity contribution < 1.29 is 19.4 Å². The van der Waals surface area contributed by atoms with Crippen LogP contribution in [0, 0.1) is 0 Å². The van der Waals surface area contributed by atoms with Crippen LogP contribution in [-0.2, 0) is 4.79 Å². The summed E-state index contributed by atoms with van der Waals surface area (Å²) < 4.78 is 10.2. The number of carbonyl (C=O) groups is 1. The molecule has 0 fully saturated rings. The number of nitrogens with two attached hydrogens (primary N) is 1. The maximum absolute atomic E-state index is 11.0. The van der Waals surface area contributed by atoms with Crippen molar-refractivity contribution in [1.29, 1.82) is 0 Å². The minimum atomic E-state index is -0.400. The van der Waals surface area contributed by atoms with Gasteiger partial charge in [-0.3, -0.25) is 4.79 Å². The Kier molecular flexibility index (Phi) is 5.01. The van der Waals surface area contributed by atoms with Crippen molar-refractivity contribution in [2.24, 2.45) is 5.73 Å². The molecule has 4 N–H and O–H groups in total. The van der Waals surface area contributed by atoms with E-state index in [0.29, 0.717) is 17.1 Å². The van der Waals surface area contributed by atoms with Gasteiger partial charge >= 0.3 is 0 Å². The quantitative estimate of drug-likeness (QED) is 0.668. The second-order valence-corrected chi connectivity index (χ2v) is 3.37. The standard InChI is InChI=1S/C12H16N2O4/c1-17-8-3-4-11(18-2)9(5-8)10(15)7-14-12(16)6-13/h3-5,7,15H,6,13H2,1-2H3,(H,14,16). The lowest BCUT2D eigenvalue weighted by molar-refractivity contribution is -0.118. The number of nitrogens with one attached hydrogen (secondary N) is 1. The number of benzene rings is 1. The van der Waals surface area contributed by atoms with Crippen molar-refractivity contribution in [3.8, 4) is 11.5 Å². The number of amides is 1. The Morgan fingerprint density at radius 3 is 2.72 bits per heavy atom. The van der Waals surface area contributed by atoms with E-state index < -0.39 is 5.91 Å². The van der Waals surface area contributed by atoms with Gasteiger partial charge in [-0.2, -0.15) is 0 Å². The first-order chi connectivity index (χ1) is 8.62. The van der Waals surface area contributed by atoms with Crippen molar-refractivity contribution in [1.82, 2.24) is 5.32 Å². The van der Waals surface area contributed by atoms with Gasteiger partial charge in [0.1, 0.15) is 17.3 Å². The summed E-state index contributed by atoms with van der Waals surface area (Å²) in [4.78, 5) is 11.0. The molecule has 0 saturated carbocycles. The van der Waals surface area contributed by atoms with E-state index in [-0.39, 0.29) is 12.3 Å². The van der Waals surface area contributed by atoms with Gasteiger partial charge in [0.25, 0.3) is 0 Å². The van der Waals surface area contributed by atoms with E-state index in [1.165, 1.54) is 14.2 Å². The number of rotatable bonds is 5. The summed E-state index contributed by atoms with van der Waals surface area (Å²) in [5, 5.41) is 12.2. The van der Waals surface area contributed by atoms with Gasteiger partial charge in [-0.25, -0.2) is 0 Å². The van der Waals surface area contributed by atoms with Crippen LogP contribution in [0.5, 0.6) is 11.5 Å². The molecular weight excluding hydrogens is 236 g/mol. The third kappa shape index (κ3) is 3.39. The number of hydrogen-bond donors (Lipinski definition) is 3. The van der Waals surface area contributed by atoms with Crippen molar-refractivity contribution in [3.63, 3.8) is 0 Å². The van der Waals surface area contributed by atoms with Crippen LogP contribution >= 0.6 is 0 Å². The number of aliphatic hydroxyl groups is 1. The highest BCUT2D eigenvalue weighted by atomic mass is 16.5. The number of aliphatic hydroxyl groups excluding tert-OH is 1. The summed E-state index contributed by atoms with van der Waals surface area (Å²) in [5.74, 6) is 0.485. The maximum Gasteiger partial charge on any atom is 0.237 e. The fourth-order valence-corrected chi connectivity index (χ4v) is 1.30. The van der Waals surface area contributed by atoms with Crippen LogP contribution in [0.1, 0.15) is 5.56 Å². The molecule has 0 aliphatic carbocycles. The molecule has 0 atom stereocenters. The Balaban J connectivity index is 3.02. The highest BCUT2D eigenvalue weighted by molar-refractivity contribution is 5.80. The molecule has 0 aliphatic heterocycles. The first-order valence-corrected chi connectivity index (χ1v) is 5.23. The third-order valence-electron chi connectivity index (χ3n) is 2.24. The Labute approximate surface area is 105 Å². The number of methoxy groups -OCH3 is 2. The lowest BCUT2D eigenvalue weighted by Gasteiger charge is -2.10. The normalized spacial score (nSPS) is 10.9. The summed E-state index contributed by atoms with van der Waals surface area (Å²) in [6.07, 6.45) is 1.16. The molecule has 0 unspecified atom stereocenters. The van der Waals surface area contributed by atoms with Crippen LogP contribution in [-0.4, -0.2) is 31.8 Å². The Hall–Kier alpha value is -2.21. The van der Waals surface area contributed by atoms with Crippen molar-refractivity contribution in [3.05, 3.63) is 30.0 Å². The van der Waals surface area contributed by atoms with E-state index in [1.54, 1.807) is 18.2 Å². The van der Waals surface area contributed by atoms with Crippen LogP contribution in [0.15, 0.2) is 24.4 Å². The van der Waals surface area contributed by atoms with E-state index in [9.17, 15) is 9.90 Å². The Morgan fingerprint density at radius 2 is 2.17 bits per heavy atom. The fourth-order valence-electron chi connectivity index (χ4n) is 1.30. The van der Waals surface area contributed by atoms with E-state index in [1.807, 2.05) is 0 Å². The molecule has 0 spiro atoms. The first kappa shape index (κ1) is 13.9. The van der Waals surface area contributed by atoms with E-state index in [2.05, 4.69) is 5.32 Å². The molecule has 1 aromatic carbocycles. The van der Waals surface area contributed by atoms with E-state index in [0.717, 1.165) is 6.20 Å². The van der Waals surface area contributed by atoms with Crippen molar-refractivity contribution in [2.45, 2.75) is 0 Å². The van der Waals surface area contributed by atoms with Gasteiger partial charge in [0, 0.05) is 6.20 Å². The molecule has 0 radical (unpaired) electrons. The summed E-state index contributed by atoms with van der Waals surface area (Å²) in [5.41, 5.74) is 5.54. The lowest BCUT2D eigenvalue weighted by atomic mass is 10.1. The summed E-state index contributed by atoms with van der Waals surface area (Å²) in [7, 11) is 3.00. The second-order valence-electron chi connectivity index (χ2n) is 3.37. The van der Waals surface area contributed by atoms with Crippen LogP contribution in [0.4, 0.5) is 0 Å². The number of ether oxygens (including phenoxy) is 2. The molecular formula is C12H16N2O4. The fraction of sp³-hybridized carbons (Fsp3) is 0.250. The molecule has 1 amide bonds. The average Bonchev–Trinajstić information content (AvgIpc) is 2.43. The monoisotopic (exact) mass is 252 g/mol. The summed E-state index contributed by atoms with van der Waals surface area (Å²) >= 11 is 0. The minimum Gasteiger partial charge on any atom is -0.506 e. The smallest absolute Gasteiger partial charge is 0.237 e. The zero-order valence-corrected chi connectivity index (χ0v) is 10.3. The molecule has 1 aromatic rings.